The molecule has 2 atom stereocenters. The van der Waals surface area contributed by atoms with Crippen LogP contribution in [0.4, 0.5) is 11.5 Å². The van der Waals surface area contributed by atoms with Crippen LogP contribution in [0.15, 0.2) is 24.5 Å². The van der Waals surface area contributed by atoms with Gasteiger partial charge < -0.3 is 10.6 Å². The molecule has 1 aliphatic carbocycles. The first-order valence-electron chi connectivity index (χ1n) is 7.06. The first-order chi connectivity index (χ1) is 9.31. The summed E-state index contributed by atoms with van der Waals surface area (Å²) in [6.45, 7) is 2.29. The molecule has 0 radical (unpaired) electrons. The third-order valence-corrected chi connectivity index (χ3v) is 4.66. The van der Waals surface area contributed by atoms with Crippen molar-refractivity contribution in [2.45, 2.75) is 19.3 Å². The molecule has 2 aromatic rings. The molecule has 2 N–H and O–H groups in total. The Bertz CT molecular complexity index is 613. The Morgan fingerprint density at radius 2 is 1.89 bits per heavy atom. The van der Waals surface area contributed by atoms with Crippen molar-refractivity contribution in [1.82, 2.24) is 9.97 Å². The topological polar surface area (TPSA) is 55.0 Å². The predicted octanol–water partition coefficient (Wildman–Crippen LogP) is 2.45. The van der Waals surface area contributed by atoms with Gasteiger partial charge in [0.2, 0.25) is 0 Å². The van der Waals surface area contributed by atoms with E-state index in [1.54, 1.807) is 6.33 Å². The summed E-state index contributed by atoms with van der Waals surface area (Å²) < 4.78 is 0. The lowest BCUT2D eigenvalue weighted by Gasteiger charge is -2.19. The quantitative estimate of drug-likeness (QED) is 0.794. The minimum absolute atomic E-state index is 0.781. The summed E-state index contributed by atoms with van der Waals surface area (Å²) in [5, 5.41) is 1.09. The van der Waals surface area contributed by atoms with Crippen molar-refractivity contribution in [3.8, 4) is 0 Å². The molecule has 1 aromatic heterocycles. The molecule has 1 aliphatic heterocycles. The maximum atomic E-state index is 5.91. The van der Waals surface area contributed by atoms with Crippen LogP contribution < -0.4 is 10.6 Å². The fourth-order valence-electron chi connectivity index (χ4n) is 3.72. The van der Waals surface area contributed by atoms with Crippen LogP contribution in [0.25, 0.3) is 10.9 Å². The van der Waals surface area contributed by atoms with E-state index in [0.717, 1.165) is 47.3 Å². The molecule has 1 aromatic carbocycles. The average molecular weight is 254 g/mol. The molecule has 2 fully saturated rings. The van der Waals surface area contributed by atoms with Crippen LogP contribution in [0.5, 0.6) is 0 Å². The van der Waals surface area contributed by atoms with Crippen LogP contribution in [0.1, 0.15) is 19.3 Å². The van der Waals surface area contributed by atoms with Gasteiger partial charge in [-0.05, 0) is 42.9 Å². The fraction of sp³-hybridized carbons (Fsp3) is 0.467. The van der Waals surface area contributed by atoms with Crippen LogP contribution in [-0.2, 0) is 0 Å². The van der Waals surface area contributed by atoms with E-state index in [1.165, 1.54) is 19.3 Å². The average Bonchev–Trinajstić information content (AvgIpc) is 2.98. The molecule has 4 nitrogen and oxygen atoms in total. The SMILES string of the molecule is Nc1ccc2ncnc(N3CC4CCCC4C3)c2c1. The van der Waals surface area contributed by atoms with Crippen molar-refractivity contribution in [2.75, 3.05) is 23.7 Å². The Hall–Kier alpha value is -1.84. The minimum Gasteiger partial charge on any atom is -0.399 e. The Morgan fingerprint density at radius 3 is 2.68 bits per heavy atom. The molecule has 2 heterocycles. The summed E-state index contributed by atoms with van der Waals surface area (Å²) in [7, 11) is 0. The second kappa shape index (κ2) is 4.08. The molecule has 0 bridgehead atoms. The number of nitrogen functional groups attached to an aromatic ring is 1. The zero-order chi connectivity index (χ0) is 12.8. The van der Waals surface area contributed by atoms with Crippen molar-refractivity contribution in [3.63, 3.8) is 0 Å². The second-order valence-electron chi connectivity index (χ2n) is 5.83. The lowest BCUT2D eigenvalue weighted by atomic mass is 10.0. The van der Waals surface area contributed by atoms with E-state index >= 15 is 0 Å². The van der Waals surface area contributed by atoms with Crippen molar-refractivity contribution in [2.24, 2.45) is 11.8 Å². The molecule has 98 valence electrons. The van der Waals surface area contributed by atoms with E-state index in [9.17, 15) is 0 Å². The van der Waals surface area contributed by atoms with Crippen LogP contribution >= 0.6 is 0 Å². The third kappa shape index (κ3) is 1.74. The zero-order valence-electron chi connectivity index (χ0n) is 10.9. The van der Waals surface area contributed by atoms with Gasteiger partial charge in [-0.25, -0.2) is 9.97 Å². The number of aromatic nitrogens is 2. The molecule has 19 heavy (non-hydrogen) atoms. The van der Waals surface area contributed by atoms with Crippen LogP contribution in [0.3, 0.4) is 0 Å². The molecule has 1 saturated carbocycles. The van der Waals surface area contributed by atoms with Crippen LogP contribution in [0.2, 0.25) is 0 Å². The Labute approximate surface area is 112 Å². The summed E-state index contributed by atoms with van der Waals surface area (Å²) in [5.74, 6) is 2.80. The van der Waals surface area contributed by atoms with Crippen LogP contribution in [0, 0.1) is 11.8 Å². The molecule has 1 saturated heterocycles. The number of rotatable bonds is 1. The highest BCUT2D eigenvalue weighted by Gasteiger charge is 2.36. The molecule has 4 rings (SSSR count). The lowest BCUT2D eigenvalue weighted by Crippen LogP contribution is -2.22. The van der Waals surface area contributed by atoms with E-state index in [-0.39, 0.29) is 0 Å². The molecule has 2 aliphatic rings. The van der Waals surface area contributed by atoms with Crippen molar-refractivity contribution in [3.05, 3.63) is 24.5 Å². The van der Waals surface area contributed by atoms with Gasteiger partial charge in [-0.2, -0.15) is 0 Å². The van der Waals surface area contributed by atoms with E-state index in [2.05, 4.69) is 14.9 Å². The molecule has 4 heteroatoms. The van der Waals surface area contributed by atoms with Crippen LogP contribution in [-0.4, -0.2) is 23.1 Å². The molecular formula is C15H18N4. The molecule has 0 amide bonds. The number of hydrogen-bond acceptors (Lipinski definition) is 4. The Kier molecular flexibility index (Phi) is 2.37. The highest BCUT2D eigenvalue weighted by Crippen LogP contribution is 2.40. The van der Waals surface area contributed by atoms with E-state index in [1.807, 2.05) is 18.2 Å². The van der Waals surface area contributed by atoms with Gasteiger partial charge in [0.25, 0.3) is 0 Å². The predicted molar refractivity (Wildman–Crippen MR) is 77.0 cm³/mol. The number of fused-ring (bicyclic) bond motifs is 2. The first kappa shape index (κ1) is 11.0. The van der Waals surface area contributed by atoms with Gasteiger partial charge in [0, 0.05) is 24.2 Å². The summed E-state index contributed by atoms with van der Waals surface area (Å²) in [6.07, 6.45) is 5.83. The Balaban J connectivity index is 1.77. The highest BCUT2D eigenvalue weighted by atomic mass is 15.2. The largest absolute Gasteiger partial charge is 0.399 e. The van der Waals surface area contributed by atoms with Gasteiger partial charge in [0.05, 0.1) is 5.52 Å². The third-order valence-electron chi connectivity index (χ3n) is 4.66. The van der Waals surface area contributed by atoms with Gasteiger partial charge in [-0.3, -0.25) is 0 Å². The number of nitrogens with two attached hydrogens (primary N) is 1. The number of benzene rings is 1. The summed E-state index contributed by atoms with van der Waals surface area (Å²) in [4.78, 5) is 11.3. The minimum atomic E-state index is 0.781. The summed E-state index contributed by atoms with van der Waals surface area (Å²) in [6, 6.07) is 5.88. The Morgan fingerprint density at radius 1 is 1.11 bits per heavy atom. The first-order valence-corrected chi connectivity index (χ1v) is 7.06. The van der Waals surface area contributed by atoms with E-state index in [0.29, 0.717) is 0 Å². The van der Waals surface area contributed by atoms with Crippen molar-refractivity contribution >= 4 is 22.4 Å². The maximum absolute atomic E-state index is 5.91. The van der Waals surface area contributed by atoms with Gasteiger partial charge in [-0.15, -0.1) is 0 Å². The lowest BCUT2D eigenvalue weighted by molar-refractivity contribution is 0.494. The fourth-order valence-corrected chi connectivity index (χ4v) is 3.72. The molecule has 2 unspecified atom stereocenters. The van der Waals surface area contributed by atoms with Gasteiger partial charge >= 0.3 is 0 Å². The van der Waals surface area contributed by atoms with Gasteiger partial charge in [0.15, 0.2) is 0 Å². The summed E-state index contributed by atoms with van der Waals surface area (Å²) >= 11 is 0. The number of anilines is 2. The summed E-state index contributed by atoms with van der Waals surface area (Å²) in [5.41, 5.74) is 7.67. The molecular weight excluding hydrogens is 236 g/mol. The number of hydrogen-bond donors (Lipinski definition) is 1. The highest BCUT2D eigenvalue weighted by molar-refractivity contribution is 5.91. The van der Waals surface area contributed by atoms with Crippen molar-refractivity contribution < 1.29 is 0 Å². The van der Waals surface area contributed by atoms with E-state index in [4.69, 9.17) is 5.73 Å². The number of nitrogens with zero attached hydrogens (tertiary/aromatic N) is 3. The van der Waals surface area contributed by atoms with Gasteiger partial charge in [-0.1, -0.05) is 6.42 Å². The monoisotopic (exact) mass is 254 g/mol. The smallest absolute Gasteiger partial charge is 0.139 e. The molecule has 0 spiro atoms. The van der Waals surface area contributed by atoms with Gasteiger partial charge in [0.1, 0.15) is 12.1 Å². The van der Waals surface area contributed by atoms with Crippen molar-refractivity contribution in [1.29, 1.82) is 0 Å². The zero-order valence-corrected chi connectivity index (χ0v) is 10.9. The second-order valence-corrected chi connectivity index (χ2v) is 5.83. The van der Waals surface area contributed by atoms with E-state index < -0.39 is 0 Å². The maximum Gasteiger partial charge on any atom is 0.139 e. The standard InChI is InChI=1S/C15H18N4/c16-12-4-5-14-13(6-12)15(18-9-17-14)19-7-10-2-1-3-11(10)8-19/h4-6,9-11H,1-3,7-8,16H2. The normalized spacial score (nSPS) is 26.0.